The molecule has 1 N–H and O–H groups in total. The van der Waals surface area contributed by atoms with Crippen LogP contribution >= 0.6 is 0 Å². The molecule has 3 rings (SSSR count). The minimum Gasteiger partial charge on any atom is -0.287 e. The van der Waals surface area contributed by atoms with Gasteiger partial charge in [-0.2, -0.15) is 13.2 Å². The van der Waals surface area contributed by atoms with Crippen LogP contribution in [0, 0.1) is 11.2 Å². The topological polar surface area (TPSA) is 32.3 Å². The van der Waals surface area contributed by atoms with Crippen LogP contribution in [0.4, 0.5) is 17.6 Å². The molecule has 1 aliphatic heterocycles. The number of amides is 1. The second kappa shape index (κ2) is 5.44. The van der Waals surface area contributed by atoms with Crippen LogP contribution in [0.1, 0.15) is 25.5 Å². The monoisotopic (exact) mass is 340 g/mol. The number of hydrazine groups is 1. The average molecular weight is 340 g/mol. The van der Waals surface area contributed by atoms with Gasteiger partial charge in [0.15, 0.2) is 6.04 Å². The maximum absolute atomic E-state index is 14.8. The summed E-state index contributed by atoms with van der Waals surface area (Å²) in [4.78, 5) is 11.9. The molecule has 7 heteroatoms. The maximum Gasteiger partial charge on any atom is 0.409 e. The van der Waals surface area contributed by atoms with Crippen molar-refractivity contribution in [1.29, 1.82) is 0 Å². The highest BCUT2D eigenvalue weighted by molar-refractivity contribution is 5.85. The Kier molecular flexibility index (Phi) is 3.79. The standard InChI is InChI=1S/C17H16F4N2O/c1-16(2)9-23(22-15(16)24)14(17(19,20)21)12-8-7-10-5-3-4-6-11(10)13(12)18/h3-8,14H,9H2,1-2H3,(H,22,24)/t14-/m0/s1. The van der Waals surface area contributed by atoms with Gasteiger partial charge in [0.05, 0.1) is 5.41 Å². The van der Waals surface area contributed by atoms with Crippen LogP contribution in [0.3, 0.4) is 0 Å². The van der Waals surface area contributed by atoms with Gasteiger partial charge in [0.1, 0.15) is 5.82 Å². The van der Waals surface area contributed by atoms with Gasteiger partial charge in [-0.05, 0) is 19.2 Å². The molecule has 1 atom stereocenters. The lowest BCUT2D eigenvalue weighted by atomic mass is 9.93. The highest BCUT2D eigenvalue weighted by Gasteiger charge is 2.52. The van der Waals surface area contributed by atoms with Crippen molar-refractivity contribution in [3.05, 3.63) is 47.8 Å². The van der Waals surface area contributed by atoms with Gasteiger partial charge in [-0.3, -0.25) is 10.2 Å². The number of halogens is 4. The van der Waals surface area contributed by atoms with E-state index in [4.69, 9.17) is 0 Å². The van der Waals surface area contributed by atoms with Gasteiger partial charge >= 0.3 is 6.18 Å². The zero-order valence-corrected chi connectivity index (χ0v) is 13.1. The number of nitrogens with one attached hydrogen (secondary N) is 1. The predicted molar refractivity (Wildman–Crippen MR) is 81.3 cm³/mol. The van der Waals surface area contributed by atoms with Crippen LogP contribution in [0.15, 0.2) is 36.4 Å². The molecule has 0 saturated carbocycles. The number of hydrogen-bond acceptors (Lipinski definition) is 2. The molecule has 1 fully saturated rings. The van der Waals surface area contributed by atoms with E-state index in [9.17, 15) is 22.4 Å². The Hall–Kier alpha value is -2.15. The van der Waals surface area contributed by atoms with E-state index in [1.54, 1.807) is 32.0 Å². The summed E-state index contributed by atoms with van der Waals surface area (Å²) in [7, 11) is 0. The summed E-state index contributed by atoms with van der Waals surface area (Å²) in [6.07, 6.45) is -4.74. The van der Waals surface area contributed by atoms with Gasteiger partial charge < -0.3 is 0 Å². The van der Waals surface area contributed by atoms with Gasteiger partial charge in [-0.15, -0.1) is 0 Å². The third-order valence-electron chi connectivity index (χ3n) is 4.23. The number of nitrogens with zero attached hydrogens (tertiary/aromatic N) is 1. The molecular formula is C17H16F4N2O. The Balaban J connectivity index is 2.12. The average Bonchev–Trinajstić information content (AvgIpc) is 2.74. The summed E-state index contributed by atoms with van der Waals surface area (Å²) in [6.45, 7) is 2.93. The van der Waals surface area contributed by atoms with Crippen LogP contribution < -0.4 is 5.43 Å². The van der Waals surface area contributed by atoms with Crippen LogP contribution in [0.25, 0.3) is 10.8 Å². The zero-order chi connectivity index (χ0) is 17.7. The van der Waals surface area contributed by atoms with E-state index in [0.717, 1.165) is 11.1 Å². The van der Waals surface area contributed by atoms with E-state index >= 15 is 0 Å². The van der Waals surface area contributed by atoms with Gasteiger partial charge in [0, 0.05) is 17.5 Å². The molecular weight excluding hydrogens is 324 g/mol. The van der Waals surface area contributed by atoms with Crippen molar-refractivity contribution in [2.45, 2.75) is 26.1 Å². The molecule has 0 aliphatic carbocycles. The molecule has 1 amide bonds. The number of carbonyl (C=O) groups excluding carboxylic acids is 1. The predicted octanol–water partition coefficient (Wildman–Crippen LogP) is 3.96. The Morgan fingerprint density at radius 1 is 1.17 bits per heavy atom. The summed E-state index contributed by atoms with van der Waals surface area (Å²) >= 11 is 0. The molecule has 0 spiro atoms. The zero-order valence-electron chi connectivity index (χ0n) is 13.1. The van der Waals surface area contributed by atoms with Gasteiger partial charge in [-0.1, -0.05) is 36.4 Å². The molecule has 0 radical (unpaired) electrons. The number of hydrogen-bond donors (Lipinski definition) is 1. The third-order valence-corrected chi connectivity index (χ3v) is 4.23. The van der Waals surface area contributed by atoms with Crippen molar-refractivity contribution >= 4 is 16.7 Å². The smallest absolute Gasteiger partial charge is 0.287 e. The Morgan fingerprint density at radius 2 is 1.83 bits per heavy atom. The highest BCUT2D eigenvalue weighted by atomic mass is 19.4. The quantitative estimate of drug-likeness (QED) is 0.840. The summed E-state index contributed by atoms with van der Waals surface area (Å²) in [5, 5.41) is 1.41. The molecule has 0 bridgehead atoms. The minimum absolute atomic E-state index is 0.119. The molecule has 2 aromatic rings. The van der Waals surface area contributed by atoms with E-state index in [1.807, 2.05) is 0 Å². The maximum atomic E-state index is 14.8. The molecule has 1 aliphatic rings. The fraction of sp³-hybridized carbons (Fsp3) is 0.353. The van der Waals surface area contributed by atoms with Crippen LogP contribution in [-0.4, -0.2) is 23.6 Å². The van der Waals surface area contributed by atoms with Crippen LogP contribution in [0.5, 0.6) is 0 Å². The number of benzene rings is 2. The van der Waals surface area contributed by atoms with Crippen LogP contribution in [0.2, 0.25) is 0 Å². The number of carbonyl (C=O) groups is 1. The molecule has 3 nitrogen and oxygen atoms in total. The van der Waals surface area contributed by atoms with Crippen molar-refractivity contribution < 1.29 is 22.4 Å². The summed E-state index contributed by atoms with van der Waals surface area (Å²) in [5.74, 6) is -1.44. The summed E-state index contributed by atoms with van der Waals surface area (Å²) < 4.78 is 55.7. The number of alkyl halides is 3. The highest BCUT2D eigenvalue weighted by Crippen LogP contribution is 2.42. The Bertz CT molecular complexity index is 801. The first-order chi connectivity index (χ1) is 11.1. The van der Waals surface area contributed by atoms with Crippen molar-refractivity contribution in [3.8, 4) is 0 Å². The Labute approximate surface area is 136 Å². The molecule has 2 aromatic carbocycles. The van der Waals surface area contributed by atoms with Gasteiger partial charge in [0.25, 0.3) is 0 Å². The molecule has 0 aromatic heterocycles. The van der Waals surface area contributed by atoms with E-state index < -0.39 is 34.9 Å². The first-order valence-corrected chi connectivity index (χ1v) is 7.43. The lowest BCUT2D eigenvalue weighted by Gasteiger charge is -2.30. The molecule has 24 heavy (non-hydrogen) atoms. The lowest BCUT2D eigenvalue weighted by molar-refractivity contribution is -0.192. The molecule has 128 valence electrons. The molecule has 0 unspecified atom stereocenters. The lowest BCUT2D eigenvalue weighted by Crippen LogP contribution is -2.44. The summed E-state index contributed by atoms with van der Waals surface area (Å²) in [5.41, 5.74) is 0.756. The van der Waals surface area contributed by atoms with Crippen molar-refractivity contribution in [3.63, 3.8) is 0 Å². The molecule has 1 saturated heterocycles. The van der Waals surface area contributed by atoms with E-state index in [0.29, 0.717) is 5.39 Å². The van der Waals surface area contributed by atoms with E-state index in [1.165, 1.54) is 12.1 Å². The van der Waals surface area contributed by atoms with Gasteiger partial charge in [-0.25, -0.2) is 9.40 Å². The first-order valence-electron chi connectivity index (χ1n) is 7.43. The fourth-order valence-electron chi connectivity index (χ4n) is 2.96. The van der Waals surface area contributed by atoms with Crippen molar-refractivity contribution in [2.75, 3.05) is 6.54 Å². The van der Waals surface area contributed by atoms with E-state index in [2.05, 4.69) is 5.43 Å². The van der Waals surface area contributed by atoms with Crippen molar-refractivity contribution in [1.82, 2.24) is 10.4 Å². The van der Waals surface area contributed by atoms with Crippen molar-refractivity contribution in [2.24, 2.45) is 5.41 Å². The third kappa shape index (κ3) is 2.73. The minimum atomic E-state index is -4.74. The van der Waals surface area contributed by atoms with Gasteiger partial charge in [0.2, 0.25) is 5.91 Å². The first kappa shape index (κ1) is 16.7. The Morgan fingerprint density at radius 3 is 2.42 bits per heavy atom. The fourth-order valence-corrected chi connectivity index (χ4v) is 2.96. The number of fused-ring (bicyclic) bond motifs is 1. The van der Waals surface area contributed by atoms with E-state index in [-0.39, 0.29) is 11.9 Å². The van der Waals surface area contributed by atoms with Crippen LogP contribution in [-0.2, 0) is 4.79 Å². The molecule has 1 heterocycles. The summed E-state index contributed by atoms with van der Waals surface area (Å²) in [6, 6.07) is 6.67. The second-order valence-electron chi connectivity index (χ2n) is 6.59. The normalized spacial score (nSPS) is 19.5. The largest absolute Gasteiger partial charge is 0.409 e. The second-order valence-corrected chi connectivity index (χ2v) is 6.59. The SMILES string of the molecule is CC1(C)CN([C@@H](c2ccc3ccccc3c2F)C(F)(F)F)NC1=O. The number of rotatable bonds is 2.